The maximum atomic E-state index is 13.1. The molecule has 2 atom stereocenters. The summed E-state index contributed by atoms with van der Waals surface area (Å²) in [5.41, 5.74) is 1.01. The van der Waals surface area contributed by atoms with Gasteiger partial charge in [-0.15, -0.1) is 0 Å². The van der Waals surface area contributed by atoms with Crippen LogP contribution in [0.25, 0.3) is 0 Å². The monoisotopic (exact) mass is 271 g/mol. The third-order valence-electron chi connectivity index (χ3n) is 3.22. The predicted molar refractivity (Wildman–Crippen MR) is 76.5 cm³/mol. The molecule has 0 radical (unpaired) electrons. The summed E-state index contributed by atoms with van der Waals surface area (Å²) in [5.74, 6) is 0.214. The summed E-state index contributed by atoms with van der Waals surface area (Å²) in [6.45, 7) is 7.49. The fourth-order valence-electron chi connectivity index (χ4n) is 2.29. The quantitative estimate of drug-likeness (QED) is 0.739. The standard InChI is InChI=1S/C15H23ClFN/c1-4-6-11(3)15(18-9-5-2)13-8-7-12(17)10-14(13)16/h7-8,10-11,15,18H,4-6,9H2,1-3H3. The first-order valence-electron chi connectivity index (χ1n) is 6.78. The van der Waals surface area contributed by atoms with Crippen molar-refractivity contribution >= 4 is 11.6 Å². The zero-order valence-corrected chi connectivity index (χ0v) is 12.2. The molecule has 2 unspecified atom stereocenters. The molecule has 0 aliphatic rings. The Bertz CT molecular complexity index is 368. The first kappa shape index (κ1) is 15.5. The molecule has 0 heterocycles. The van der Waals surface area contributed by atoms with Gasteiger partial charge in [-0.3, -0.25) is 0 Å². The van der Waals surface area contributed by atoms with Gasteiger partial charge in [-0.2, -0.15) is 0 Å². The van der Waals surface area contributed by atoms with Crippen molar-refractivity contribution in [3.8, 4) is 0 Å². The SMILES string of the molecule is CCCNC(c1ccc(F)cc1Cl)C(C)CCC. The van der Waals surface area contributed by atoms with Crippen molar-refractivity contribution < 1.29 is 4.39 Å². The lowest BCUT2D eigenvalue weighted by Gasteiger charge is -2.26. The van der Waals surface area contributed by atoms with Crippen molar-refractivity contribution in [2.75, 3.05) is 6.54 Å². The minimum Gasteiger partial charge on any atom is -0.310 e. The van der Waals surface area contributed by atoms with Crippen molar-refractivity contribution in [1.29, 1.82) is 0 Å². The molecule has 1 nitrogen and oxygen atoms in total. The molecule has 0 aliphatic carbocycles. The molecular weight excluding hydrogens is 249 g/mol. The normalized spacial score (nSPS) is 14.5. The van der Waals surface area contributed by atoms with Crippen LogP contribution in [-0.2, 0) is 0 Å². The highest BCUT2D eigenvalue weighted by atomic mass is 35.5. The first-order valence-corrected chi connectivity index (χ1v) is 7.16. The van der Waals surface area contributed by atoms with Crippen LogP contribution < -0.4 is 5.32 Å². The highest BCUT2D eigenvalue weighted by Crippen LogP contribution is 2.31. The Kier molecular flexibility index (Phi) is 6.66. The van der Waals surface area contributed by atoms with Gasteiger partial charge in [0, 0.05) is 11.1 Å². The molecule has 0 fully saturated rings. The van der Waals surface area contributed by atoms with E-state index in [0.717, 1.165) is 31.4 Å². The topological polar surface area (TPSA) is 12.0 Å². The minimum atomic E-state index is -0.277. The summed E-state index contributed by atoms with van der Waals surface area (Å²) in [4.78, 5) is 0. The van der Waals surface area contributed by atoms with E-state index in [1.54, 1.807) is 6.07 Å². The van der Waals surface area contributed by atoms with Crippen LogP contribution in [0.4, 0.5) is 4.39 Å². The molecule has 0 aliphatic heterocycles. The molecule has 0 aromatic heterocycles. The molecule has 1 N–H and O–H groups in total. The zero-order valence-electron chi connectivity index (χ0n) is 11.5. The maximum Gasteiger partial charge on any atom is 0.124 e. The van der Waals surface area contributed by atoms with Gasteiger partial charge in [0.05, 0.1) is 0 Å². The molecule has 0 saturated heterocycles. The lowest BCUT2D eigenvalue weighted by atomic mass is 9.91. The molecule has 1 aromatic rings. The summed E-state index contributed by atoms with van der Waals surface area (Å²) < 4.78 is 13.1. The second-order valence-electron chi connectivity index (χ2n) is 4.86. The molecule has 0 bridgehead atoms. The van der Waals surface area contributed by atoms with Gasteiger partial charge < -0.3 is 5.32 Å². The van der Waals surface area contributed by atoms with Crippen LogP contribution in [0, 0.1) is 11.7 Å². The van der Waals surface area contributed by atoms with Crippen LogP contribution >= 0.6 is 11.6 Å². The molecule has 0 saturated carbocycles. The van der Waals surface area contributed by atoms with E-state index >= 15 is 0 Å². The number of nitrogens with one attached hydrogen (secondary N) is 1. The van der Waals surface area contributed by atoms with Gasteiger partial charge in [-0.25, -0.2) is 4.39 Å². The number of halogens is 2. The minimum absolute atomic E-state index is 0.206. The summed E-state index contributed by atoms with van der Waals surface area (Å²) >= 11 is 6.17. The fourth-order valence-corrected chi connectivity index (χ4v) is 2.58. The van der Waals surface area contributed by atoms with Crippen LogP contribution in [0.3, 0.4) is 0 Å². The van der Waals surface area contributed by atoms with Gasteiger partial charge >= 0.3 is 0 Å². The third-order valence-corrected chi connectivity index (χ3v) is 3.55. The Balaban J connectivity index is 2.93. The molecule has 1 rings (SSSR count). The summed E-state index contributed by atoms with van der Waals surface area (Å²) in [7, 11) is 0. The number of benzene rings is 1. The number of hydrogen-bond acceptors (Lipinski definition) is 1. The largest absolute Gasteiger partial charge is 0.310 e. The van der Waals surface area contributed by atoms with Crippen molar-refractivity contribution in [2.45, 2.75) is 46.1 Å². The molecule has 0 amide bonds. The van der Waals surface area contributed by atoms with Crippen LogP contribution in [0.5, 0.6) is 0 Å². The van der Waals surface area contributed by atoms with Crippen molar-refractivity contribution in [1.82, 2.24) is 5.32 Å². The van der Waals surface area contributed by atoms with E-state index in [9.17, 15) is 4.39 Å². The zero-order chi connectivity index (χ0) is 13.5. The highest BCUT2D eigenvalue weighted by Gasteiger charge is 2.20. The predicted octanol–water partition coefficient (Wildman–Crippen LogP) is 4.96. The van der Waals surface area contributed by atoms with Crippen LogP contribution in [0.15, 0.2) is 18.2 Å². The van der Waals surface area contributed by atoms with E-state index in [0.29, 0.717) is 10.9 Å². The second-order valence-corrected chi connectivity index (χ2v) is 5.27. The molecule has 102 valence electrons. The molecular formula is C15H23ClFN. The van der Waals surface area contributed by atoms with E-state index < -0.39 is 0 Å². The van der Waals surface area contributed by atoms with Gasteiger partial charge in [-0.1, -0.05) is 44.9 Å². The Morgan fingerprint density at radius 2 is 2.00 bits per heavy atom. The lowest BCUT2D eigenvalue weighted by Crippen LogP contribution is -2.28. The van der Waals surface area contributed by atoms with Crippen molar-refractivity contribution in [3.63, 3.8) is 0 Å². The van der Waals surface area contributed by atoms with Gasteiger partial charge in [0.2, 0.25) is 0 Å². The summed E-state index contributed by atoms with van der Waals surface area (Å²) in [6.07, 6.45) is 3.35. The highest BCUT2D eigenvalue weighted by molar-refractivity contribution is 6.31. The van der Waals surface area contributed by atoms with Gasteiger partial charge in [-0.05, 0) is 43.0 Å². The fraction of sp³-hybridized carbons (Fsp3) is 0.600. The smallest absolute Gasteiger partial charge is 0.124 e. The summed E-state index contributed by atoms with van der Waals surface area (Å²) in [5, 5.41) is 4.04. The molecule has 3 heteroatoms. The van der Waals surface area contributed by atoms with Crippen LogP contribution in [0.1, 0.15) is 51.6 Å². The number of rotatable bonds is 7. The van der Waals surface area contributed by atoms with E-state index in [-0.39, 0.29) is 11.9 Å². The average Bonchev–Trinajstić information content (AvgIpc) is 2.32. The first-order chi connectivity index (χ1) is 8.60. The lowest BCUT2D eigenvalue weighted by molar-refractivity contribution is 0.363. The average molecular weight is 272 g/mol. The van der Waals surface area contributed by atoms with E-state index in [2.05, 4.69) is 26.1 Å². The van der Waals surface area contributed by atoms with Crippen LogP contribution in [0.2, 0.25) is 5.02 Å². The number of hydrogen-bond donors (Lipinski definition) is 1. The van der Waals surface area contributed by atoms with Crippen molar-refractivity contribution in [3.05, 3.63) is 34.6 Å². The van der Waals surface area contributed by atoms with Crippen LogP contribution in [-0.4, -0.2) is 6.54 Å². The second kappa shape index (κ2) is 7.75. The van der Waals surface area contributed by atoms with E-state index in [1.165, 1.54) is 12.1 Å². The van der Waals surface area contributed by atoms with Gasteiger partial charge in [0.15, 0.2) is 0 Å². The van der Waals surface area contributed by atoms with Gasteiger partial charge in [0.25, 0.3) is 0 Å². The molecule has 0 spiro atoms. The van der Waals surface area contributed by atoms with E-state index in [4.69, 9.17) is 11.6 Å². The molecule has 18 heavy (non-hydrogen) atoms. The van der Waals surface area contributed by atoms with Gasteiger partial charge in [0.1, 0.15) is 5.82 Å². The maximum absolute atomic E-state index is 13.1. The third kappa shape index (κ3) is 4.25. The van der Waals surface area contributed by atoms with Crippen molar-refractivity contribution in [2.24, 2.45) is 5.92 Å². The Morgan fingerprint density at radius 3 is 2.56 bits per heavy atom. The summed E-state index contributed by atoms with van der Waals surface area (Å²) in [6, 6.07) is 4.89. The van der Waals surface area contributed by atoms with E-state index in [1.807, 2.05) is 0 Å². The molecule has 1 aromatic carbocycles. The Labute approximate surface area is 115 Å². The Morgan fingerprint density at radius 1 is 1.28 bits per heavy atom. The Hall–Kier alpha value is -0.600.